The molecule has 50 valence electrons. The molecule has 0 unspecified atom stereocenters. The van der Waals surface area contributed by atoms with E-state index in [0.29, 0.717) is 6.42 Å². The van der Waals surface area contributed by atoms with Crippen molar-refractivity contribution in [2.45, 2.75) is 6.42 Å². The number of nitrogens with zero attached hydrogens (tertiary/aromatic N) is 2. The number of hydrogen-bond acceptors (Lipinski definition) is 2. The lowest BCUT2D eigenvalue weighted by molar-refractivity contribution is -0.126. The molecule has 1 aliphatic rings. The second kappa shape index (κ2) is 2.17. The largest absolute Gasteiger partial charge is 0.340 e. The quantitative estimate of drug-likeness (QED) is 0.447. The smallest absolute Gasteiger partial charge is 0.228 e. The molecule has 3 nitrogen and oxygen atoms in total. The summed E-state index contributed by atoms with van der Waals surface area (Å²) in [5.41, 5.74) is 0.988. The molecule has 0 atom stereocenters. The number of aliphatic imine (C=N–C) groups is 1. The molecule has 3 heteroatoms. The van der Waals surface area contributed by atoms with Gasteiger partial charge in [0.05, 0.1) is 13.0 Å². The van der Waals surface area contributed by atoms with Crippen molar-refractivity contribution in [3.63, 3.8) is 0 Å². The van der Waals surface area contributed by atoms with Crippen LogP contribution in [0.5, 0.6) is 0 Å². The summed E-state index contributed by atoms with van der Waals surface area (Å²) in [6.07, 6.45) is 0.521. The molecule has 0 aromatic rings. The van der Waals surface area contributed by atoms with Crippen LogP contribution in [0.4, 0.5) is 0 Å². The van der Waals surface area contributed by atoms with Crippen molar-refractivity contribution >= 4 is 11.6 Å². The Morgan fingerprint density at radius 3 is 2.56 bits per heavy atom. The molecule has 1 amide bonds. The number of carbonyl (C=O) groups excluding carboxylic acids is 1. The lowest BCUT2D eigenvalue weighted by atomic mass is 10.3. The Bertz CT molecular complexity index is 162. The van der Waals surface area contributed by atoms with Gasteiger partial charge in [0.25, 0.3) is 0 Å². The summed E-state index contributed by atoms with van der Waals surface area (Å²) in [5.74, 6) is 0.176. The molecule has 0 aromatic carbocycles. The van der Waals surface area contributed by atoms with Crippen LogP contribution in [0.1, 0.15) is 6.42 Å². The Morgan fingerprint density at radius 2 is 2.33 bits per heavy atom. The van der Waals surface area contributed by atoms with Crippen LogP contribution < -0.4 is 0 Å². The van der Waals surface area contributed by atoms with Gasteiger partial charge in [0.2, 0.25) is 5.91 Å². The standard InChI is InChI=1S/C6H10N2O/c1-7-5-3-6(9)8(2)4-5/h3-4H2,1-2H3. The van der Waals surface area contributed by atoms with E-state index in [4.69, 9.17) is 0 Å². The molecule has 0 bridgehead atoms. The van der Waals surface area contributed by atoms with Gasteiger partial charge in [0.1, 0.15) is 0 Å². The third kappa shape index (κ3) is 1.09. The number of carbonyl (C=O) groups is 1. The normalized spacial score (nSPS) is 24.0. The molecule has 0 radical (unpaired) electrons. The van der Waals surface area contributed by atoms with Gasteiger partial charge < -0.3 is 4.90 Å². The third-order valence-corrected chi connectivity index (χ3v) is 1.52. The van der Waals surface area contributed by atoms with E-state index in [-0.39, 0.29) is 5.91 Å². The van der Waals surface area contributed by atoms with E-state index >= 15 is 0 Å². The fourth-order valence-electron chi connectivity index (χ4n) is 0.877. The SMILES string of the molecule is CN=C1CC(=O)N(C)C1. The molecule has 0 saturated carbocycles. The van der Waals surface area contributed by atoms with E-state index in [2.05, 4.69) is 4.99 Å². The number of likely N-dealkylation sites (tertiary alicyclic amines) is 1. The summed E-state index contributed by atoms with van der Waals surface area (Å²) >= 11 is 0. The summed E-state index contributed by atoms with van der Waals surface area (Å²) in [5, 5.41) is 0. The zero-order chi connectivity index (χ0) is 6.85. The lowest BCUT2D eigenvalue weighted by Crippen LogP contribution is -2.18. The van der Waals surface area contributed by atoms with Gasteiger partial charge in [-0.2, -0.15) is 0 Å². The average Bonchev–Trinajstić information content (AvgIpc) is 2.13. The van der Waals surface area contributed by atoms with Crippen molar-refractivity contribution in [1.82, 2.24) is 4.90 Å². The highest BCUT2D eigenvalue weighted by Crippen LogP contribution is 2.03. The zero-order valence-corrected chi connectivity index (χ0v) is 5.72. The molecule has 0 N–H and O–H groups in total. The van der Waals surface area contributed by atoms with Gasteiger partial charge in [-0.15, -0.1) is 0 Å². The lowest BCUT2D eigenvalue weighted by Gasteiger charge is -2.03. The highest BCUT2D eigenvalue weighted by molar-refractivity contribution is 6.07. The maximum absolute atomic E-state index is 10.8. The molecule has 1 saturated heterocycles. The van der Waals surface area contributed by atoms with Crippen LogP contribution in [0.3, 0.4) is 0 Å². The Labute approximate surface area is 54.4 Å². The van der Waals surface area contributed by atoms with Crippen LogP contribution in [-0.4, -0.2) is 37.2 Å². The van der Waals surface area contributed by atoms with Crippen LogP contribution in [0.2, 0.25) is 0 Å². The molecule has 0 aromatic heterocycles. The molecule has 1 heterocycles. The van der Waals surface area contributed by atoms with Crippen LogP contribution in [0.25, 0.3) is 0 Å². The van der Waals surface area contributed by atoms with Gasteiger partial charge in [0.15, 0.2) is 0 Å². The summed E-state index contributed by atoms with van der Waals surface area (Å²) in [6, 6.07) is 0. The maximum atomic E-state index is 10.8. The third-order valence-electron chi connectivity index (χ3n) is 1.52. The van der Waals surface area contributed by atoms with E-state index in [1.807, 2.05) is 0 Å². The van der Waals surface area contributed by atoms with Crippen molar-refractivity contribution in [3.8, 4) is 0 Å². The molecule has 0 aliphatic carbocycles. The Hall–Kier alpha value is -0.860. The topological polar surface area (TPSA) is 32.7 Å². The fourth-order valence-corrected chi connectivity index (χ4v) is 0.877. The van der Waals surface area contributed by atoms with Gasteiger partial charge in [-0.1, -0.05) is 0 Å². The van der Waals surface area contributed by atoms with Gasteiger partial charge in [-0.3, -0.25) is 9.79 Å². The molecular weight excluding hydrogens is 116 g/mol. The number of rotatable bonds is 0. The second-order valence-corrected chi connectivity index (χ2v) is 2.22. The first kappa shape index (κ1) is 6.26. The Kier molecular flexibility index (Phi) is 1.51. The van der Waals surface area contributed by atoms with Gasteiger partial charge in [0, 0.05) is 19.8 Å². The predicted molar refractivity (Wildman–Crippen MR) is 35.6 cm³/mol. The van der Waals surface area contributed by atoms with Crippen LogP contribution in [-0.2, 0) is 4.79 Å². The van der Waals surface area contributed by atoms with Gasteiger partial charge >= 0.3 is 0 Å². The Morgan fingerprint density at radius 1 is 1.67 bits per heavy atom. The van der Waals surface area contributed by atoms with Crippen molar-refractivity contribution in [2.24, 2.45) is 4.99 Å². The summed E-state index contributed by atoms with van der Waals surface area (Å²) in [4.78, 5) is 16.4. The molecule has 1 fully saturated rings. The van der Waals surface area contributed by atoms with E-state index < -0.39 is 0 Å². The zero-order valence-electron chi connectivity index (χ0n) is 5.72. The van der Waals surface area contributed by atoms with Crippen molar-refractivity contribution < 1.29 is 4.79 Å². The molecule has 1 rings (SSSR count). The predicted octanol–water partition coefficient (Wildman–Crippen LogP) is -0.0807. The van der Waals surface area contributed by atoms with Crippen LogP contribution in [0.15, 0.2) is 4.99 Å². The summed E-state index contributed by atoms with van der Waals surface area (Å²) in [7, 11) is 3.52. The minimum absolute atomic E-state index is 0.176. The van der Waals surface area contributed by atoms with E-state index in [1.165, 1.54) is 0 Å². The molecular formula is C6H10N2O. The highest BCUT2D eigenvalue weighted by Gasteiger charge is 2.20. The maximum Gasteiger partial charge on any atom is 0.228 e. The molecule has 1 aliphatic heterocycles. The number of hydrogen-bond donors (Lipinski definition) is 0. The minimum atomic E-state index is 0.176. The summed E-state index contributed by atoms with van der Waals surface area (Å²) < 4.78 is 0. The molecule has 0 spiro atoms. The fraction of sp³-hybridized carbons (Fsp3) is 0.667. The first-order chi connectivity index (χ1) is 4.24. The van der Waals surface area contributed by atoms with E-state index in [1.54, 1.807) is 19.0 Å². The van der Waals surface area contributed by atoms with E-state index in [0.717, 1.165) is 12.3 Å². The second-order valence-electron chi connectivity index (χ2n) is 2.22. The van der Waals surface area contributed by atoms with Crippen LogP contribution >= 0.6 is 0 Å². The molecule has 9 heavy (non-hydrogen) atoms. The van der Waals surface area contributed by atoms with Crippen molar-refractivity contribution in [2.75, 3.05) is 20.6 Å². The monoisotopic (exact) mass is 126 g/mol. The minimum Gasteiger partial charge on any atom is -0.340 e. The first-order valence-corrected chi connectivity index (χ1v) is 2.92. The highest BCUT2D eigenvalue weighted by atomic mass is 16.2. The first-order valence-electron chi connectivity index (χ1n) is 2.92. The van der Waals surface area contributed by atoms with Gasteiger partial charge in [-0.05, 0) is 0 Å². The van der Waals surface area contributed by atoms with Gasteiger partial charge in [-0.25, -0.2) is 0 Å². The Balaban J connectivity index is 2.65. The van der Waals surface area contributed by atoms with Crippen molar-refractivity contribution in [3.05, 3.63) is 0 Å². The van der Waals surface area contributed by atoms with Crippen molar-refractivity contribution in [1.29, 1.82) is 0 Å². The number of amides is 1. The van der Waals surface area contributed by atoms with E-state index in [9.17, 15) is 4.79 Å². The van der Waals surface area contributed by atoms with Crippen LogP contribution in [0, 0.1) is 0 Å². The summed E-state index contributed by atoms with van der Waals surface area (Å²) in [6.45, 7) is 0.718. The average molecular weight is 126 g/mol.